The van der Waals surface area contributed by atoms with Crippen LogP contribution in [0, 0.1) is 6.92 Å². The number of rotatable bonds is 5. The van der Waals surface area contributed by atoms with Gasteiger partial charge in [0.05, 0.1) is 6.42 Å². The molecule has 0 radical (unpaired) electrons. The van der Waals surface area contributed by atoms with Crippen molar-refractivity contribution < 1.29 is 14.6 Å². The molecule has 0 aliphatic heterocycles. The Bertz CT molecular complexity index is 441. The number of carbonyl (C=O) groups is 1. The van der Waals surface area contributed by atoms with Crippen molar-refractivity contribution >= 4 is 17.6 Å². The molecule has 3 nitrogen and oxygen atoms in total. The Morgan fingerprint density at radius 3 is 2.50 bits per heavy atom. The second kappa shape index (κ2) is 6.10. The summed E-state index contributed by atoms with van der Waals surface area (Å²) >= 11 is 6.10. The summed E-state index contributed by atoms with van der Waals surface area (Å²) in [4.78, 5) is 10.6. The van der Waals surface area contributed by atoms with Gasteiger partial charge in [0.25, 0.3) is 0 Å². The smallest absolute Gasteiger partial charge is 0.307 e. The number of ether oxygens (including phenoxy) is 1. The van der Waals surface area contributed by atoms with E-state index in [1.165, 1.54) is 0 Å². The summed E-state index contributed by atoms with van der Waals surface area (Å²) in [6, 6.07) is 3.76. The van der Waals surface area contributed by atoms with Crippen molar-refractivity contribution in [2.75, 3.05) is 0 Å². The van der Waals surface area contributed by atoms with Crippen LogP contribution in [0.2, 0.25) is 5.02 Å². The fraction of sp³-hybridized carbons (Fsp3) is 0.500. The van der Waals surface area contributed by atoms with Crippen molar-refractivity contribution in [1.82, 2.24) is 0 Å². The SMILES string of the molecule is Cc1cc(O[C@H](C)CC(=O)O)c(C(C)C)cc1Cl. The van der Waals surface area contributed by atoms with Crippen molar-refractivity contribution in [2.45, 2.75) is 46.1 Å². The van der Waals surface area contributed by atoms with Gasteiger partial charge in [-0.1, -0.05) is 25.4 Å². The quantitative estimate of drug-likeness (QED) is 0.879. The lowest BCUT2D eigenvalue weighted by atomic mass is 10.0. The molecule has 100 valence electrons. The lowest BCUT2D eigenvalue weighted by molar-refractivity contribution is -0.138. The van der Waals surface area contributed by atoms with Gasteiger partial charge in [-0.3, -0.25) is 4.79 Å². The van der Waals surface area contributed by atoms with Gasteiger partial charge in [0, 0.05) is 5.02 Å². The molecule has 0 saturated heterocycles. The fourth-order valence-corrected chi connectivity index (χ4v) is 1.90. The molecule has 0 aromatic heterocycles. The maximum absolute atomic E-state index is 10.6. The lowest BCUT2D eigenvalue weighted by Gasteiger charge is -2.19. The third-order valence-electron chi connectivity index (χ3n) is 2.70. The summed E-state index contributed by atoms with van der Waals surface area (Å²) in [7, 11) is 0. The highest BCUT2D eigenvalue weighted by Crippen LogP contribution is 2.32. The molecule has 1 N–H and O–H groups in total. The van der Waals surface area contributed by atoms with Gasteiger partial charge in [0.2, 0.25) is 0 Å². The van der Waals surface area contributed by atoms with Gasteiger partial charge < -0.3 is 9.84 Å². The fourth-order valence-electron chi connectivity index (χ4n) is 1.73. The van der Waals surface area contributed by atoms with Gasteiger partial charge in [0.15, 0.2) is 0 Å². The third kappa shape index (κ3) is 3.91. The number of aryl methyl sites for hydroxylation is 1. The summed E-state index contributed by atoms with van der Waals surface area (Å²) in [5, 5.41) is 9.44. The Labute approximate surface area is 113 Å². The molecule has 0 aliphatic rings. The van der Waals surface area contributed by atoms with Crippen LogP contribution in [0.15, 0.2) is 12.1 Å². The van der Waals surface area contributed by atoms with Crippen LogP contribution in [-0.2, 0) is 4.79 Å². The van der Waals surface area contributed by atoms with Gasteiger partial charge in [-0.15, -0.1) is 0 Å². The molecule has 4 heteroatoms. The van der Waals surface area contributed by atoms with Crippen molar-refractivity contribution in [3.05, 3.63) is 28.3 Å². The Balaban J connectivity index is 2.99. The molecule has 0 unspecified atom stereocenters. The number of carboxylic acid groups (broad SMARTS) is 1. The number of carboxylic acids is 1. The van der Waals surface area contributed by atoms with E-state index in [0.717, 1.165) is 16.9 Å². The van der Waals surface area contributed by atoms with E-state index in [-0.39, 0.29) is 18.4 Å². The zero-order chi connectivity index (χ0) is 13.9. The van der Waals surface area contributed by atoms with E-state index in [9.17, 15) is 4.79 Å². The highest BCUT2D eigenvalue weighted by atomic mass is 35.5. The van der Waals surface area contributed by atoms with E-state index in [1.807, 2.05) is 19.1 Å². The maximum Gasteiger partial charge on any atom is 0.307 e. The highest BCUT2D eigenvalue weighted by molar-refractivity contribution is 6.31. The maximum atomic E-state index is 10.6. The van der Waals surface area contributed by atoms with Crippen LogP contribution < -0.4 is 4.74 Å². The Hall–Kier alpha value is -1.22. The molecule has 1 rings (SSSR count). The van der Waals surface area contributed by atoms with Crippen molar-refractivity contribution in [1.29, 1.82) is 0 Å². The first-order chi connectivity index (χ1) is 8.31. The van der Waals surface area contributed by atoms with Gasteiger partial charge in [-0.2, -0.15) is 0 Å². The Morgan fingerprint density at radius 1 is 1.39 bits per heavy atom. The zero-order valence-electron chi connectivity index (χ0n) is 11.2. The van der Waals surface area contributed by atoms with Crippen molar-refractivity contribution in [3.8, 4) is 5.75 Å². The summed E-state index contributed by atoms with van der Waals surface area (Å²) in [5.74, 6) is 0.134. The lowest BCUT2D eigenvalue weighted by Crippen LogP contribution is -2.17. The van der Waals surface area contributed by atoms with E-state index in [2.05, 4.69) is 13.8 Å². The molecular formula is C14H19ClO3. The van der Waals surface area contributed by atoms with Crippen LogP contribution >= 0.6 is 11.6 Å². The molecule has 0 amide bonds. The minimum atomic E-state index is -0.862. The molecule has 0 spiro atoms. The molecule has 0 heterocycles. The standard InChI is InChI=1S/C14H19ClO3/c1-8(2)11-7-12(15)9(3)5-13(11)18-10(4)6-14(16)17/h5,7-8,10H,6H2,1-4H3,(H,16,17)/t10-/m1/s1. The zero-order valence-corrected chi connectivity index (χ0v) is 11.9. The molecular weight excluding hydrogens is 252 g/mol. The summed E-state index contributed by atoms with van der Waals surface area (Å²) in [6.07, 6.45) is -0.375. The average molecular weight is 271 g/mol. The first-order valence-corrected chi connectivity index (χ1v) is 6.37. The van der Waals surface area contributed by atoms with E-state index in [1.54, 1.807) is 6.92 Å². The number of hydrogen-bond acceptors (Lipinski definition) is 2. The van der Waals surface area contributed by atoms with E-state index < -0.39 is 5.97 Å². The van der Waals surface area contributed by atoms with Gasteiger partial charge in [-0.05, 0) is 43.0 Å². The van der Waals surface area contributed by atoms with Crippen LogP contribution in [-0.4, -0.2) is 17.2 Å². The minimum absolute atomic E-state index is 0.0147. The predicted molar refractivity (Wildman–Crippen MR) is 72.6 cm³/mol. The monoisotopic (exact) mass is 270 g/mol. The molecule has 0 aliphatic carbocycles. The minimum Gasteiger partial charge on any atom is -0.490 e. The molecule has 18 heavy (non-hydrogen) atoms. The van der Waals surface area contributed by atoms with Crippen LogP contribution in [0.1, 0.15) is 44.2 Å². The summed E-state index contributed by atoms with van der Waals surface area (Å²) in [6.45, 7) is 7.76. The molecule has 0 bridgehead atoms. The molecule has 1 aromatic rings. The molecule has 1 atom stereocenters. The number of halogens is 1. The second-order valence-corrected chi connectivity index (χ2v) is 5.23. The van der Waals surface area contributed by atoms with Gasteiger partial charge in [0.1, 0.15) is 11.9 Å². The largest absolute Gasteiger partial charge is 0.490 e. The highest BCUT2D eigenvalue weighted by Gasteiger charge is 2.15. The topological polar surface area (TPSA) is 46.5 Å². The number of hydrogen-bond donors (Lipinski definition) is 1. The normalized spacial score (nSPS) is 12.6. The predicted octanol–water partition coefficient (Wildman–Crippen LogP) is 4.01. The third-order valence-corrected chi connectivity index (χ3v) is 3.11. The average Bonchev–Trinajstić information content (AvgIpc) is 2.21. The van der Waals surface area contributed by atoms with E-state index in [0.29, 0.717) is 5.02 Å². The van der Waals surface area contributed by atoms with Crippen molar-refractivity contribution in [3.63, 3.8) is 0 Å². The first kappa shape index (κ1) is 14.8. The van der Waals surface area contributed by atoms with Crippen LogP contribution in [0.25, 0.3) is 0 Å². The number of benzene rings is 1. The number of aliphatic carboxylic acids is 1. The first-order valence-electron chi connectivity index (χ1n) is 5.99. The van der Waals surface area contributed by atoms with Crippen LogP contribution in [0.3, 0.4) is 0 Å². The molecule has 0 saturated carbocycles. The summed E-state index contributed by atoms with van der Waals surface area (Å²) < 4.78 is 5.71. The Morgan fingerprint density at radius 2 is 2.00 bits per heavy atom. The van der Waals surface area contributed by atoms with Gasteiger partial charge in [-0.25, -0.2) is 0 Å². The van der Waals surface area contributed by atoms with E-state index in [4.69, 9.17) is 21.4 Å². The molecule has 0 fully saturated rings. The van der Waals surface area contributed by atoms with Gasteiger partial charge >= 0.3 is 5.97 Å². The van der Waals surface area contributed by atoms with Crippen LogP contribution in [0.5, 0.6) is 5.75 Å². The molecule has 1 aromatic carbocycles. The van der Waals surface area contributed by atoms with E-state index >= 15 is 0 Å². The van der Waals surface area contributed by atoms with Crippen LogP contribution in [0.4, 0.5) is 0 Å². The van der Waals surface area contributed by atoms with Crippen molar-refractivity contribution in [2.24, 2.45) is 0 Å². The Kier molecular flexibility index (Phi) is 5.03. The summed E-state index contributed by atoms with van der Waals surface area (Å²) in [5.41, 5.74) is 1.93. The second-order valence-electron chi connectivity index (χ2n) is 4.82.